The van der Waals surface area contributed by atoms with Crippen molar-refractivity contribution >= 4 is 5.91 Å². The summed E-state index contributed by atoms with van der Waals surface area (Å²) in [6.45, 7) is 5.20. The van der Waals surface area contributed by atoms with Gasteiger partial charge in [-0.15, -0.1) is 0 Å². The van der Waals surface area contributed by atoms with Crippen LogP contribution in [0.25, 0.3) is 0 Å². The van der Waals surface area contributed by atoms with Crippen molar-refractivity contribution in [1.29, 1.82) is 0 Å². The van der Waals surface area contributed by atoms with Gasteiger partial charge in [0.1, 0.15) is 6.10 Å². The highest BCUT2D eigenvalue weighted by molar-refractivity contribution is 5.83. The molecule has 1 saturated carbocycles. The Balaban J connectivity index is 1.39. The second-order valence-corrected chi connectivity index (χ2v) is 7.06. The summed E-state index contributed by atoms with van der Waals surface area (Å²) >= 11 is 0. The summed E-state index contributed by atoms with van der Waals surface area (Å²) in [5.41, 5.74) is 1.29. The Hall–Kier alpha value is -1.40. The van der Waals surface area contributed by atoms with Crippen molar-refractivity contribution in [2.24, 2.45) is 11.3 Å². The molecule has 1 aromatic heterocycles. The van der Waals surface area contributed by atoms with Crippen LogP contribution in [0, 0.1) is 11.3 Å². The molecule has 3 aliphatic rings. The fraction of sp³-hybridized carbons (Fsp3) is 0.765. The smallest absolute Gasteiger partial charge is 0.224 e. The molecular weight excluding hydrogens is 294 g/mol. The van der Waals surface area contributed by atoms with Crippen molar-refractivity contribution < 1.29 is 14.3 Å². The van der Waals surface area contributed by atoms with Crippen LogP contribution in [0.2, 0.25) is 0 Å². The van der Waals surface area contributed by atoms with Gasteiger partial charge >= 0.3 is 0 Å². The maximum atomic E-state index is 12.6. The van der Waals surface area contributed by atoms with Crippen LogP contribution in [0.4, 0.5) is 0 Å². The van der Waals surface area contributed by atoms with Gasteiger partial charge in [0.25, 0.3) is 0 Å². The molecule has 0 bridgehead atoms. The van der Waals surface area contributed by atoms with Crippen molar-refractivity contribution in [2.45, 2.75) is 51.3 Å². The minimum Gasteiger partial charge on any atom is -0.381 e. The molecule has 1 aromatic rings. The van der Waals surface area contributed by atoms with Crippen molar-refractivity contribution in [2.75, 3.05) is 19.8 Å². The highest BCUT2D eigenvalue weighted by atomic mass is 16.5. The lowest BCUT2D eigenvalue weighted by molar-refractivity contribution is -0.124. The lowest BCUT2D eigenvalue weighted by Gasteiger charge is -2.24. The van der Waals surface area contributed by atoms with Gasteiger partial charge in [0.2, 0.25) is 5.91 Å². The Morgan fingerprint density at radius 3 is 3.00 bits per heavy atom. The molecule has 1 spiro atoms. The molecule has 3 fully saturated rings. The van der Waals surface area contributed by atoms with E-state index in [0.29, 0.717) is 6.61 Å². The van der Waals surface area contributed by atoms with Crippen LogP contribution >= 0.6 is 0 Å². The monoisotopic (exact) mass is 319 g/mol. The molecule has 0 unspecified atom stereocenters. The van der Waals surface area contributed by atoms with Crippen LogP contribution in [0.3, 0.4) is 0 Å². The molecule has 2 saturated heterocycles. The molecule has 0 aromatic carbocycles. The molecule has 23 heavy (non-hydrogen) atoms. The standard InChI is InChI=1S/C17H25N3O3/c1-2-20-11-12(10-18-20)15-14(3-6-23-15)19-16(21)13-9-17(13)4-7-22-8-5-17/h10-11,13-15H,2-9H2,1H3,(H,19,21)/t13-,14-,15+/m0/s1. The van der Waals surface area contributed by atoms with E-state index >= 15 is 0 Å². The van der Waals surface area contributed by atoms with Gasteiger partial charge in [-0.3, -0.25) is 9.48 Å². The fourth-order valence-electron chi connectivity index (χ4n) is 4.10. The zero-order chi connectivity index (χ0) is 15.9. The van der Waals surface area contributed by atoms with Crippen LogP contribution in [-0.2, 0) is 20.8 Å². The summed E-state index contributed by atoms with van der Waals surface area (Å²) in [6.07, 6.45) is 7.76. The van der Waals surface area contributed by atoms with E-state index in [1.807, 2.05) is 17.1 Å². The molecule has 1 N–H and O–H groups in total. The van der Waals surface area contributed by atoms with E-state index < -0.39 is 0 Å². The summed E-state index contributed by atoms with van der Waals surface area (Å²) in [6, 6.07) is 0.0643. The van der Waals surface area contributed by atoms with Crippen LogP contribution in [0.15, 0.2) is 12.4 Å². The van der Waals surface area contributed by atoms with Crippen molar-refractivity contribution in [3.8, 4) is 0 Å². The third kappa shape index (κ3) is 2.78. The van der Waals surface area contributed by atoms with E-state index in [9.17, 15) is 4.79 Å². The topological polar surface area (TPSA) is 65.4 Å². The highest BCUT2D eigenvalue weighted by Gasteiger charge is 2.58. The second-order valence-electron chi connectivity index (χ2n) is 7.06. The highest BCUT2D eigenvalue weighted by Crippen LogP contribution is 2.59. The van der Waals surface area contributed by atoms with Crippen LogP contribution < -0.4 is 5.32 Å². The number of hydrogen-bond donors (Lipinski definition) is 1. The zero-order valence-electron chi connectivity index (χ0n) is 13.7. The van der Waals surface area contributed by atoms with Crippen molar-refractivity contribution in [3.63, 3.8) is 0 Å². The van der Waals surface area contributed by atoms with Crippen molar-refractivity contribution in [3.05, 3.63) is 18.0 Å². The summed E-state index contributed by atoms with van der Waals surface area (Å²) in [5, 5.41) is 7.57. The number of rotatable bonds is 4. The molecular formula is C17H25N3O3. The fourth-order valence-corrected chi connectivity index (χ4v) is 4.10. The maximum Gasteiger partial charge on any atom is 0.224 e. The molecule has 1 aliphatic carbocycles. The number of aryl methyl sites for hydroxylation is 1. The summed E-state index contributed by atoms with van der Waals surface area (Å²) < 4.78 is 13.2. The van der Waals surface area contributed by atoms with E-state index in [2.05, 4.69) is 17.3 Å². The minimum absolute atomic E-state index is 0.0643. The van der Waals surface area contributed by atoms with E-state index in [4.69, 9.17) is 9.47 Å². The maximum absolute atomic E-state index is 12.6. The number of nitrogens with one attached hydrogen (secondary N) is 1. The number of aromatic nitrogens is 2. The van der Waals surface area contributed by atoms with Crippen LogP contribution in [-0.4, -0.2) is 41.6 Å². The largest absolute Gasteiger partial charge is 0.381 e. The Morgan fingerprint density at radius 2 is 2.26 bits per heavy atom. The van der Waals surface area contributed by atoms with Crippen LogP contribution in [0.1, 0.15) is 44.3 Å². The number of ether oxygens (including phenoxy) is 2. The lowest BCUT2D eigenvalue weighted by Crippen LogP contribution is -2.39. The third-order valence-corrected chi connectivity index (χ3v) is 5.72. The van der Waals surface area contributed by atoms with E-state index in [1.54, 1.807) is 0 Å². The van der Waals surface area contributed by atoms with Crippen LogP contribution in [0.5, 0.6) is 0 Å². The summed E-state index contributed by atoms with van der Waals surface area (Å²) in [4.78, 5) is 12.6. The van der Waals surface area contributed by atoms with E-state index in [-0.39, 0.29) is 29.4 Å². The third-order valence-electron chi connectivity index (χ3n) is 5.72. The number of amides is 1. The molecule has 126 valence electrons. The quantitative estimate of drug-likeness (QED) is 0.917. The predicted molar refractivity (Wildman–Crippen MR) is 83.7 cm³/mol. The molecule has 3 atom stereocenters. The SMILES string of the molecule is CCn1cc([C@H]2OCC[C@@H]2NC(=O)[C@@H]2CC23CCOCC3)cn1. The first-order chi connectivity index (χ1) is 11.2. The number of carbonyl (C=O) groups is 1. The molecule has 4 rings (SSSR count). The Kier molecular flexibility index (Phi) is 3.89. The molecule has 6 heteroatoms. The van der Waals surface area contributed by atoms with Gasteiger partial charge in [0, 0.05) is 44.0 Å². The Morgan fingerprint density at radius 1 is 1.43 bits per heavy atom. The summed E-state index contributed by atoms with van der Waals surface area (Å²) in [5.74, 6) is 0.376. The summed E-state index contributed by atoms with van der Waals surface area (Å²) in [7, 11) is 0. The van der Waals surface area contributed by atoms with Gasteiger partial charge in [0.15, 0.2) is 0 Å². The number of nitrogens with zero attached hydrogens (tertiary/aromatic N) is 2. The first-order valence-corrected chi connectivity index (χ1v) is 8.74. The van der Waals surface area contributed by atoms with Gasteiger partial charge in [-0.25, -0.2) is 0 Å². The first-order valence-electron chi connectivity index (χ1n) is 8.74. The molecule has 6 nitrogen and oxygen atoms in total. The molecule has 0 radical (unpaired) electrons. The Labute approximate surface area is 136 Å². The van der Waals surface area contributed by atoms with Gasteiger partial charge in [-0.1, -0.05) is 0 Å². The van der Waals surface area contributed by atoms with Gasteiger partial charge < -0.3 is 14.8 Å². The van der Waals surface area contributed by atoms with Gasteiger partial charge in [-0.2, -0.15) is 5.10 Å². The first kappa shape index (κ1) is 15.1. The van der Waals surface area contributed by atoms with Gasteiger partial charge in [-0.05, 0) is 38.0 Å². The average Bonchev–Trinajstić information content (AvgIpc) is 2.96. The zero-order valence-corrected chi connectivity index (χ0v) is 13.7. The van der Waals surface area contributed by atoms with Crippen molar-refractivity contribution in [1.82, 2.24) is 15.1 Å². The normalized spacial score (nSPS) is 32.1. The second kappa shape index (κ2) is 5.91. The van der Waals surface area contributed by atoms with E-state index in [0.717, 1.165) is 51.0 Å². The minimum atomic E-state index is -0.0661. The average molecular weight is 319 g/mol. The lowest BCUT2D eigenvalue weighted by atomic mass is 9.93. The molecule has 1 amide bonds. The predicted octanol–water partition coefficient (Wildman–Crippen LogP) is 1.67. The molecule has 3 heterocycles. The number of carbonyl (C=O) groups excluding carboxylic acids is 1. The van der Waals surface area contributed by atoms with E-state index in [1.165, 1.54) is 0 Å². The Bertz CT molecular complexity index is 579. The molecule has 2 aliphatic heterocycles. The number of hydrogen-bond acceptors (Lipinski definition) is 4. The van der Waals surface area contributed by atoms with Gasteiger partial charge in [0.05, 0.1) is 12.2 Å².